The van der Waals surface area contributed by atoms with Gasteiger partial charge in [0.05, 0.1) is 5.56 Å². The van der Waals surface area contributed by atoms with E-state index in [2.05, 4.69) is 33.0 Å². The van der Waals surface area contributed by atoms with Crippen LogP contribution in [-0.4, -0.2) is 13.1 Å². The fourth-order valence-electron chi connectivity index (χ4n) is 3.46. The molecule has 0 radical (unpaired) electrons. The average molecular weight is 424 g/mol. The zero-order valence-corrected chi connectivity index (χ0v) is 16.2. The van der Waals surface area contributed by atoms with Gasteiger partial charge in [0.25, 0.3) is 0 Å². The van der Waals surface area contributed by atoms with Crippen molar-refractivity contribution < 1.29 is 13.2 Å². The lowest BCUT2D eigenvalue weighted by molar-refractivity contribution is -0.137. The molecule has 1 heterocycles. The number of halogens is 4. The second-order valence-corrected chi connectivity index (χ2v) is 7.64. The van der Waals surface area contributed by atoms with E-state index in [4.69, 9.17) is 0 Å². The zero-order valence-electron chi connectivity index (χ0n) is 14.6. The molecule has 0 aliphatic carbocycles. The molecule has 0 bridgehead atoms. The molecule has 26 heavy (non-hydrogen) atoms. The average Bonchev–Trinajstić information content (AvgIpc) is 2.76. The van der Waals surface area contributed by atoms with Crippen LogP contribution in [0.2, 0.25) is 0 Å². The topological polar surface area (TPSA) is 3.24 Å². The quantitative estimate of drug-likeness (QED) is 0.529. The van der Waals surface area contributed by atoms with Gasteiger partial charge in [0.15, 0.2) is 0 Å². The monoisotopic (exact) mass is 423 g/mol. The summed E-state index contributed by atoms with van der Waals surface area (Å²) in [6, 6.07) is 12.0. The summed E-state index contributed by atoms with van der Waals surface area (Å²) >= 11 is 3.52. The van der Waals surface area contributed by atoms with E-state index in [9.17, 15) is 13.2 Å². The minimum atomic E-state index is -4.34. The van der Waals surface area contributed by atoms with E-state index in [1.807, 2.05) is 13.0 Å². The Morgan fingerprint density at radius 3 is 2.69 bits per heavy atom. The number of fused-ring (bicyclic) bond motifs is 1. The summed E-state index contributed by atoms with van der Waals surface area (Å²) in [4.78, 5) is 2.27. The van der Waals surface area contributed by atoms with E-state index >= 15 is 0 Å². The summed E-state index contributed by atoms with van der Waals surface area (Å²) in [5.41, 5.74) is 3.03. The maximum absolute atomic E-state index is 13.2. The Kier molecular flexibility index (Phi) is 5.76. The van der Waals surface area contributed by atoms with Gasteiger partial charge in [-0.05, 0) is 61.6 Å². The third kappa shape index (κ3) is 4.50. The van der Waals surface area contributed by atoms with E-state index in [0.717, 1.165) is 41.9 Å². The van der Waals surface area contributed by atoms with E-state index in [-0.39, 0.29) is 5.56 Å². The summed E-state index contributed by atoms with van der Waals surface area (Å²) in [5.74, 6) is 0. The van der Waals surface area contributed by atoms with Crippen molar-refractivity contribution in [2.24, 2.45) is 0 Å². The number of benzene rings is 2. The molecule has 0 spiro atoms. The third-order valence-electron chi connectivity index (χ3n) is 4.61. The van der Waals surface area contributed by atoms with Crippen molar-refractivity contribution in [2.75, 3.05) is 18.0 Å². The maximum Gasteiger partial charge on any atom is 0.416 e. The maximum atomic E-state index is 13.2. The first-order chi connectivity index (χ1) is 12.3. The lowest BCUT2D eigenvalue weighted by Gasteiger charge is -2.25. The molecular formula is C21H21BrF3N. The molecule has 1 aliphatic heterocycles. The summed E-state index contributed by atoms with van der Waals surface area (Å²) in [7, 11) is 0. The minimum absolute atomic E-state index is 0.225. The summed E-state index contributed by atoms with van der Waals surface area (Å²) in [6.45, 7) is 3.44. The number of aryl methyl sites for hydroxylation is 1. The van der Waals surface area contributed by atoms with Crippen LogP contribution in [0, 0.1) is 0 Å². The van der Waals surface area contributed by atoms with Gasteiger partial charge in [0.2, 0.25) is 0 Å². The lowest BCUT2D eigenvalue weighted by atomic mass is 10.0. The van der Waals surface area contributed by atoms with Crippen molar-refractivity contribution in [3.63, 3.8) is 0 Å². The molecule has 1 aliphatic rings. The molecule has 0 N–H and O–H groups in total. The second-order valence-electron chi connectivity index (χ2n) is 6.73. The van der Waals surface area contributed by atoms with Crippen molar-refractivity contribution in [2.45, 2.75) is 32.4 Å². The molecule has 2 aromatic carbocycles. The largest absolute Gasteiger partial charge is 0.416 e. The van der Waals surface area contributed by atoms with Crippen LogP contribution in [0.25, 0.3) is 6.08 Å². The lowest BCUT2D eigenvalue weighted by Crippen LogP contribution is -2.26. The van der Waals surface area contributed by atoms with Crippen LogP contribution in [0.1, 0.15) is 36.5 Å². The van der Waals surface area contributed by atoms with Crippen LogP contribution in [0.3, 0.4) is 0 Å². The molecule has 0 amide bonds. The molecular weight excluding hydrogens is 403 g/mol. The molecule has 1 nitrogen and oxygen atoms in total. The molecule has 0 saturated heterocycles. The Hall–Kier alpha value is -1.75. The summed E-state index contributed by atoms with van der Waals surface area (Å²) in [6.07, 6.45) is 0.560. The Balaban J connectivity index is 1.87. The highest BCUT2D eigenvalue weighted by molar-refractivity contribution is 9.10. The Bertz CT molecular complexity index is 811. The third-order valence-corrected chi connectivity index (χ3v) is 5.11. The highest BCUT2D eigenvalue weighted by atomic mass is 79.9. The fraction of sp³-hybridized carbons (Fsp3) is 0.333. The van der Waals surface area contributed by atoms with E-state index in [1.165, 1.54) is 23.4 Å². The van der Waals surface area contributed by atoms with Crippen LogP contribution < -0.4 is 4.90 Å². The number of nitrogens with zero attached hydrogens (tertiary/aromatic N) is 1. The number of hydrogen-bond donors (Lipinski definition) is 0. The van der Waals surface area contributed by atoms with Gasteiger partial charge in [-0.25, -0.2) is 0 Å². The SMILES string of the molecule is C/C(=C\c1ccccc1C(F)(F)F)CN1CCCCc2cc(Br)ccc21. The van der Waals surface area contributed by atoms with E-state index in [1.54, 1.807) is 12.1 Å². The van der Waals surface area contributed by atoms with Crippen molar-refractivity contribution >= 4 is 27.7 Å². The van der Waals surface area contributed by atoms with Crippen molar-refractivity contribution in [1.82, 2.24) is 0 Å². The van der Waals surface area contributed by atoms with Gasteiger partial charge in [0.1, 0.15) is 0 Å². The smallest absolute Gasteiger partial charge is 0.367 e. The van der Waals surface area contributed by atoms with Crippen LogP contribution in [0.15, 0.2) is 52.5 Å². The van der Waals surface area contributed by atoms with Gasteiger partial charge in [-0.1, -0.05) is 45.8 Å². The highest BCUT2D eigenvalue weighted by Gasteiger charge is 2.32. The van der Waals surface area contributed by atoms with Crippen LogP contribution in [0.4, 0.5) is 18.9 Å². The fourth-order valence-corrected chi connectivity index (χ4v) is 3.87. The van der Waals surface area contributed by atoms with Crippen molar-refractivity contribution in [1.29, 1.82) is 0 Å². The van der Waals surface area contributed by atoms with Gasteiger partial charge in [-0.3, -0.25) is 0 Å². The van der Waals surface area contributed by atoms with Crippen molar-refractivity contribution in [3.05, 3.63) is 69.2 Å². The van der Waals surface area contributed by atoms with E-state index in [0.29, 0.717) is 6.54 Å². The molecule has 0 saturated carbocycles. The van der Waals surface area contributed by atoms with Gasteiger partial charge in [0, 0.05) is 23.2 Å². The first-order valence-corrected chi connectivity index (χ1v) is 9.50. The van der Waals surface area contributed by atoms with Gasteiger partial charge < -0.3 is 4.90 Å². The minimum Gasteiger partial charge on any atom is -0.367 e. The molecule has 0 unspecified atom stereocenters. The normalized spacial score (nSPS) is 15.6. The van der Waals surface area contributed by atoms with Crippen LogP contribution >= 0.6 is 15.9 Å². The highest BCUT2D eigenvalue weighted by Crippen LogP contribution is 2.33. The predicted octanol–water partition coefficient (Wildman–Crippen LogP) is 6.71. The zero-order chi connectivity index (χ0) is 18.7. The van der Waals surface area contributed by atoms with Gasteiger partial charge in [-0.2, -0.15) is 13.2 Å². The first kappa shape index (κ1) is 19.0. The molecule has 2 aromatic rings. The molecule has 138 valence electrons. The molecule has 0 atom stereocenters. The number of rotatable bonds is 3. The first-order valence-electron chi connectivity index (χ1n) is 8.71. The summed E-state index contributed by atoms with van der Waals surface area (Å²) < 4.78 is 40.7. The Labute approximate surface area is 160 Å². The molecule has 5 heteroatoms. The molecule has 0 fully saturated rings. The Morgan fingerprint density at radius 2 is 1.92 bits per heavy atom. The molecule has 3 rings (SSSR count). The standard InChI is InChI=1S/C21H21BrF3N/c1-15(12-16-6-2-3-8-19(16)21(23,24)25)14-26-11-5-4-7-17-13-18(22)9-10-20(17)26/h2-3,6,8-10,12-13H,4-5,7,11,14H2,1H3/b15-12+. The van der Waals surface area contributed by atoms with Crippen LogP contribution in [0.5, 0.6) is 0 Å². The van der Waals surface area contributed by atoms with Crippen molar-refractivity contribution in [3.8, 4) is 0 Å². The Morgan fingerprint density at radius 1 is 1.15 bits per heavy atom. The van der Waals surface area contributed by atoms with E-state index < -0.39 is 11.7 Å². The number of hydrogen-bond acceptors (Lipinski definition) is 1. The number of alkyl halides is 3. The van der Waals surface area contributed by atoms with Gasteiger partial charge >= 0.3 is 6.18 Å². The van der Waals surface area contributed by atoms with Gasteiger partial charge in [-0.15, -0.1) is 0 Å². The number of anilines is 1. The van der Waals surface area contributed by atoms with Crippen LogP contribution in [-0.2, 0) is 12.6 Å². The predicted molar refractivity (Wildman–Crippen MR) is 104 cm³/mol. The molecule has 0 aromatic heterocycles. The summed E-state index contributed by atoms with van der Waals surface area (Å²) in [5, 5.41) is 0. The second kappa shape index (κ2) is 7.87.